The molecule has 1 N–H and O–H groups in total. The molecule has 0 aliphatic carbocycles. The zero-order valence-electron chi connectivity index (χ0n) is 15.0. The number of nitrogens with zero attached hydrogens (tertiary/aromatic N) is 2. The molecule has 5 heteroatoms. The molecule has 0 saturated carbocycles. The molecule has 2 aromatic rings. The van der Waals surface area contributed by atoms with E-state index < -0.39 is 0 Å². The van der Waals surface area contributed by atoms with E-state index in [4.69, 9.17) is 4.42 Å². The summed E-state index contributed by atoms with van der Waals surface area (Å²) in [6.45, 7) is 11.7. The first-order valence-electron chi connectivity index (χ1n) is 8.67. The van der Waals surface area contributed by atoms with E-state index in [2.05, 4.69) is 28.6 Å². The largest absolute Gasteiger partial charge is 0.468 e. The molecular formula is C19H27N3O2. The highest BCUT2D eigenvalue weighted by atomic mass is 16.3. The van der Waals surface area contributed by atoms with Crippen molar-refractivity contribution in [2.45, 2.75) is 40.3 Å². The third-order valence-corrected chi connectivity index (χ3v) is 4.87. The predicted molar refractivity (Wildman–Crippen MR) is 93.9 cm³/mol. The number of amides is 1. The molecule has 3 heterocycles. The zero-order chi connectivity index (χ0) is 17.3. The standard InChI is InChI=1S/C19H27N3O2/c1-13(2)18-12-21(11-16-6-5-9-24-16)7-8-22(18)19(23)17-10-14(3)20-15(17)4/h5-6,9-10,13,18,20H,7-8,11-12H2,1-4H3/t18-/m1/s1. The number of rotatable bonds is 4. The fourth-order valence-electron chi connectivity index (χ4n) is 3.56. The summed E-state index contributed by atoms with van der Waals surface area (Å²) >= 11 is 0. The number of furan rings is 1. The average Bonchev–Trinajstić information content (AvgIpc) is 3.16. The Morgan fingerprint density at radius 3 is 2.75 bits per heavy atom. The van der Waals surface area contributed by atoms with Gasteiger partial charge < -0.3 is 14.3 Å². The lowest BCUT2D eigenvalue weighted by molar-refractivity contribution is 0.0314. The predicted octanol–water partition coefficient (Wildman–Crippen LogP) is 3.21. The molecule has 1 atom stereocenters. The molecule has 5 nitrogen and oxygen atoms in total. The van der Waals surface area contributed by atoms with Crippen molar-refractivity contribution in [2.75, 3.05) is 19.6 Å². The first kappa shape index (κ1) is 16.8. The highest BCUT2D eigenvalue weighted by Crippen LogP contribution is 2.23. The van der Waals surface area contributed by atoms with Crippen LogP contribution in [0.2, 0.25) is 0 Å². The molecule has 3 rings (SSSR count). The van der Waals surface area contributed by atoms with Crippen LogP contribution in [-0.4, -0.2) is 46.4 Å². The Bertz CT molecular complexity index is 688. The fraction of sp³-hybridized carbons (Fsp3) is 0.526. The molecule has 1 aliphatic rings. The SMILES string of the molecule is Cc1cc(C(=O)N2CCN(Cc3ccco3)C[C@@H]2C(C)C)c(C)[nH]1. The van der Waals surface area contributed by atoms with Crippen molar-refractivity contribution >= 4 is 5.91 Å². The van der Waals surface area contributed by atoms with Crippen molar-refractivity contribution in [1.82, 2.24) is 14.8 Å². The maximum atomic E-state index is 13.0. The van der Waals surface area contributed by atoms with Gasteiger partial charge in [0.2, 0.25) is 0 Å². The summed E-state index contributed by atoms with van der Waals surface area (Å²) in [5.74, 6) is 1.54. The number of nitrogens with one attached hydrogen (secondary N) is 1. The summed E-state index contributed by atoms with van der Waals surface area (Å²) < 4.78 is 5.47. The minimum absolute atomic E-state index is 0.146. The minimum Gasteiger partial charge on any atom is -0.468 e. The maximum Gasteiger partial charge on any atom is 0.256 e. The number of aromatic nitrogens is 1. The third-order valence-electron chi connectivity index (χ3n) is 4.87. The van der Waals surface area contributed by atoms with Crippen LogP contribution in [0.3, 0.4) is 0 Å². The Kier molecular flexibility index (Phi) is 4.81. The quantitative estimate of drug-likeness (QED) is 0.937. The van der Waals surface area contributed by atoms with Gasteiger partial charge >= 0.3 is 0 Å². The molecule has 1 amide bonds. The van der Waals surface area contributed by atoms with E-state index in [0.29, 0.717) is 5.92 Å². The number of hydrogen-bond donors (Lipinski definition) is 1. The molecule has 0 aromatic carbocycles. The van der Waals surface area contributed by atoms with E-state index in [-0.39, 0.29) is 11.9 Å². The molecule has 24 heavy (non-hydrogen) atoms. The van der Waals surface area contributed by atoms with Crippen molar-refractivity contribution < 1.29 is 9.21 Å². The van der Waals surface area contributed by atoms with Gasteiger partial charge in [-0.3, -0.25) is 9.69 Å². The smallest absolute Gasteiger partial charge is 0.256 e. The van der Waals surface area contributed by atoms with Gasteiger partial charge in [-0.15, -0.1) is 0 Å². The summed E-state index contributed by atoms with van der Waals surface area (Å²) in [6.07, 6.45) is 1.71. The number of carbonyl (C=O) groups excluding carboxylic acids is 1. The van der Waals surface area contributed by atoms with Crippen LogP contribution in [-0.2, 0) is 6.54 Å². The molecule has 0 unspecified atom stereocenters. The monoisotopic (exact) mass is 329 g/mol. The Balaban J connectivity index is 1.74. The van der Waals surface area contributed by atoms with E-state index in [0.717, 1.165) is 48.9 Å². The van der Waals surface area contributed by atoms with E-state index in [1.807, 2.05) is 32.0 Å². The van der Waals surface area contributed by atoms with Crippen LogP contribution < -0.4 is 0 Å². The van der Waals surface area contributed by atoms with Crippen LogP contribution in [0.15, 0.2) is 28.9 Å². The number of H-pyrrole nitrogens is 1. The Morgan fingerprint density at radius 1 is 1.38 bits per heavy atom. The van der Waals surface area contributed by atoms with Gasteiger partial charge in [-0.1, -0.05) is 13.8 Å². The third kappa shape index (κ3) is 3.41. The Hall–Kier alpha value is -2.01. The van der Waals surface area contributed by atoms with Gasteiger partial charge in [0, 0.05) is 37.1 Å². The van der Waals surface area contributed by atoms with Crippen molar-refractivity contribution in [3.8, 4) is 0 Å². The second-order valence-corrected chi connectivity index (χ2v) is 7.12. The summed E-state index contributed by atoms with van der Waals surface area (Å²) in [5, 5.41) is 0. The molecule has 1 saturated heterocycles. The highest BCUT2D eigenvalue weighted by Gasteiger charge is 2.33. The second kappa shape index (κ2) is 6.85. The van der Waals surface area contributed by atoms with Crippen LogP contribution in [0.1, 0.15) is 41.4 Å². The van der Waals surface area contributed by atoms with Gasteiger partial charge in [-0.2, -0.15) is 0 Å². The van der Waals surface area contributed by atoms with Gasteiger partial charge in [0.05, 0.1) is 18.4 Å². The molecule has 1 aliphatic heterocycles. The maximum absolute atomic E-state index is 13.0. The number of aryl methyl sites for hydroxylation is 2. The molecule has 0 spiro atoms. The molecule has 1 fully saturated rings. The Labute approximate surface area is 143 Å². The van der Waals surface area contributed by atoms with E-state index >= 15 is 0 Å². The lowest BCUT2D eigenvalue weighted by atomic mass is 9.98. The van der Waals surface area contributed by atoms with Crippen molar-refractivity contribution in [2.24, 2.45) is 5.92 Å². The van der Waals surface area contributed by atoms with Gasteiger partial charge in [0.1, 0.15) is 5.76 Å². The average molecular weight is 329 g/mol. The van der Waals surface area contributed by atoms with Crippen LogP contribution in [0.5, 0.6) is 0 Å². The molecule has 130 valence electrons. The summed E-state index contributed by atoms with van der Waals surface area (Å²) in [5.41, 5.74) is 2.80. The fourth-order valence-corrected chi connectivity index (χ4v) is 3.56. The second-order valence-electron chi connectivity index (χ2n) is 7.12. The van der Waals surface area contributed by atoms with Crippen LogP contribution in [0.25, 0.3) is 0 Å². The first-order valence-corrected chi connectivity index (χ1v) is 8.67. The lowest BCUT2D eigenvalue weighted by Crippen LogP contribution is -2.56. The zero-order valence-corrected chi connectivity index (χ0v) is 15.0. The van der Waals surface area contributed by atoms with Gasteiger partial charge in [0.15, 0.2) is 0 Å². The van der Waals surface area contributed by atoms with Crippen LogP contribution in [0.4, 0.5) is 0 Å². The number of piperazine rings is 1. The molecule has 0 radical (unpaired) electrons. The number of aromatic amines is 1. The van der Waals surface area contributed by atoms with Crippen LogP contribution >= 0.6 is 0 Å². The molecule has 0 bridgehead atoms. The lowest BCUT2D eigenvalue weighted by Gasteiger charge is -2.43. The first-order chi connectivity index (χ1) is 11.5. The van der Waals surface area contributed by atoms with Crippen LogP contribution in [0, 0.1) is 19.8 Å². The van der Waals surface area contributed by atoms with Crippen molar-refractivity contribution in [3.05, 3.63) is 47.2 Å². The molecule has 2 aromatic heterocycles. The minimum atomic E-state index is 0.146. The normalized spacial score (nSPS) is 19.2. The summed E-state index contributed by atoms with van der Waals surface area (Å²) in [7, 11) is 0. The van der Waals surface area contributed by atoms with Crippen molar-refractivity contribution in [1.29, 1.82) is 0 Å². The Morgan fingerprint density at radius 2 is 2.17 bits per heavy atom. The topological polar surface area (TPSA) is 52.5 Å². The van der Waals surface area contributed by atoms with E-state index in [1.165, 1.54) is 0 Å². The summed E-state index contributed by atoms with van der Waals surface area (Å²) in [4.78, 5) is 20.7. The van der Waals surface area contributed by atoms with Gasteiger partial charge in [-0.05, 0) is 38.0 Å². The van der Waals surface area contributed by atoms with Gasteiger partial charge in [0.25, 0.3) is 5.91 Å². The van der Waals surface area contributed by atoms with Gasteiger partial charge in [-0.25, -0.2) is 0 Å². The van der Waals surface area contributed by atoms with E-state index in [9.17, 15) is 4.79 Å². The van der Waals surface area contributed by atoms with Crippen molar-refractivity contribution in [3.63, 3.8) is 0 Å². The number of hydrogen-bond acceptors (Lipinski definition) is 3. The highest BCUT2D eigenvalue weighted by molar-refractivity contribution is 5.96. The molecular weight excluding hydrogens is 302 g/mol. The summed E-state index contributed by atoms with van der Waals surface area (Å²) in [6, 6.07) is 6.11. The number of carbonyl (C=O) groups is 1. The van der Waals surface area contributed by atoms with E-state index in [1.54, 1.807) is 6.26 Å².